The van der Waals surface area contributed by atoms with Gasteiger partial charge in [0, 0.05) is 0 Å². The Bertz CT molecular complexity index is 450. The second-order valence-electron chi connectivity index (χ2n) is 4.00. The Morgan fingerprint density at radius 2 is 2.36 bits per heavy atom. The summed E-state index contributed by atoms with van der Waals surface area (Å²) in [6, 6.07) is 0. The predicted molar refractivity (Wildman–Crippen MR) is 53.2 cm³/mol. The average Bonchev–Trinajstić information content (AvgIpc) is 2.51. The van der Waals surface area contributed by atoms with Gasteiger partial charge in [0.2, 0.25) is 0 Å². The summed E-state index contributed by atoms with van der Waals surface area (Å²) < 4.78 is 3.28. The molecule has 1 aromatic rings. The summed E-state index contributed by atoms with van der Waals surface area (Å²) in [5.41, 5.74) is 1.48. The number of aromatic nitrogens is 2. The SMILES string of the molecule is CC1=CC=CC(C)(n2cc[nH][c]2=[Pd])C1. The molecule has 3 heteroatoms. The molecule has 0 aromatic carbocycles. The summed E-state index contributed by atoms with van der Waals surface area (Å²) in [4.78, 5) is 3.15. The molecule has 0 amide bonds. The molecule has 0 spiro atoms. The molecule has 2 rings (SSSR count). The van der Waals surface area contributed by atoms with Gasteiger partial charge in [0.25, 0.3) is 0 Å². The maximum absolute atomic E-state index is 3.23. The molecule has 1 unspecified atom stereocenters. The summed E-state index contributed by atoms with van der Waals surface area (Å²) in [5.74, 6) is 0. The van der Waals surface area contributed by atoms with Crippen LogP contribution in [0.4, 0.5) is 0 Å². The van der Waals surface area contributed by atoms with Crippen molar-refractivity contribution in [1.29, 1.82) is 0 Å². The maximum atomic E-state index is 3.23. The molecule has 14 heavy (non-hydrogen) atoms. The quantitative estimate of drug-likeness (QED) is 0.763. The normalized spacial score (nSPS) is 26.4. The van der Waals surface area contributed by atoms with Crippen LogP contribution in [0.3, 0.4) is 0 Å². The molecule has 2 nitrogen and oxygen atoms in total. The molecule has 0 aliphatic heterocycles. The van der Waals surface area contributed by atoms with Gasteiger partial charge >= 0.3 is 94.2 Å². The zero-order chi connectivity index (χ0) is 10.2. The van der Waals surface area contributed by atoms with Crippen molar-refractivity contribution >= 4 is 0 Å². The first-order valence-electron chi connectivity index (χ1n) is 4.69. The Kier molecular flexibility index (Phi) is 2.47. The van der Waals surface area contributed by atoms with Gasteiger partial charge in [-0.1, -0.05) is 0 Å². The molecule has 1 atom stereocenters. The van der Waals surface area contributed by atoms with Crippen LogP contribution in [0.1, 0.15) is 20.3 Å². The number of hydrogen-bond acceptors (Lipinski definition) is 0. The van der Waals surface area contributed by atoms with E-state index < -0.39 is 0 Å². The van der Waals surface area contributed by atoms with Crippen LogP contribution >= 0.6 is 0 Å². The van der Waals surface area contributed by atoms with Gasteiger partial charge in [-0.3, -0.25) is 0 Å². The molecule has 0 bridgehead atoms. The van der Waals surface area contributed by atoms with E-state index in [0.717, 1.165) is 10.3 Å². The van der Waals surface area contributed by atoms with Crippen molar-refractivity contribution < 1.29 is 18.7 Å². The molecule has 1 heterocycles. The van der Waals surface area contributed by atoms with Crippen molar-refractivity contribution in [2.24, 2.45) is 0 Å². The fourth-order valence-electron chi connectivity index (χ4n) is 1.95. The van der Waals surface area contributed by atoms with Crippen LogP contribution in [0.15, 0.2) is 36.2 Å². The second kappa shape index (κ2) is 3.49. The molecule has 0 fully saturated rings. The van der Waals surface area contributed by atoms with E-state index in [4.69, 9.17) is 0 Å². The van der Waals surface area contributed by atoms with Crippen LogP contribution in [0.2, 0.25) is 0 Å². The third kappa shape index (κ3) is 1.63. The Hall–Kier alpha value is -0.648. The van der Waals surface area contributed by atoms with Crippen molar-refractivity contribution in [3.63, 3.8) is 0 Å². The zero-order valence-corrected chi connectivity index (χ0v) is 9.91. The predicted octanol–water partition coefficient (Wildman–Crippen LogP) is 2.52. The molecule has 1 aliphatic carbocycles. The number of rotatable bonds is 1. The number of H-pyrrole nitrogens is 1. The fraction of sp³-hybridized carbons (Fsp3) is 0.364. The Morgan fingerprint density at radius 3 is 2.93 bits per heavy atom. The van der Waals surface area contributed by atoms with E-state index in [1.165, 1.54) is 5.57 Å². The van der Waals surface area contributed by atoms with E-state index in [0.29, 0.717) is 0 Å². The van der Waals surface area contributed by atoms with Gasteiger partial charge < -0.3 is 0 Å². The van der Waals surface area contributed by atoms with Crippen molar-refractivity contribution in [2.45, 2.75) is 25.8 Å². The third-order valence-electron chi connectivity index (χ3n) is 2.64. The van der Waals surface area contributed by atoms with Crippen LogP contribution in [0.25, 0.3) is 0 Å². The number of nitrogens with zero attached hydrogens (tertiary/aromatic N) is 1. The minimum absolute atomic E-state index is 0.0626. The van der Waals surface area contributed by atoms with E-state index in [1.807, 2.05) is 6.20 Å². The van der Waals surface area contributed by atoms with Crippen LogP contribution in [-0.4, -0.2) is 9.55 Å². The molecular formula is C11H14N2Pd. The van der Waals surface area contributed by atoms with Crippen LogP contribution < -0.4 is 0 Å². The molecule has 78 valence electrons. The molecule has 1 N–H and O–H groups in total. The van der Waals surface area contributed by atoms with E-state index >= 15 is 0 Å². The molecule has 0 radical (unpaired) electrons. The first-order chi connectivity index (χ1) is 6.62. The van der Waals surface area contributed by atoms with Crippen LogP contribution in [0.5, 0.6) is 0 Å². The summed E-state index contributed by atoms with van der Waals surface area (Å²) in [5, 5.41) is 0. The first-order valence-corrected chi connectivity index (χ1v) is 5.46. The van der Waals surface area contributed by atoms with Crippen molar-refractivity contribution in [3.05, 3.63) is 40.1 Å². The van der Waals surface area contributed by atoms with Gasteiger partial charge in [0.05, 0.1) is 0 Å². The zero-order valence-electron chi connectivity index (χ0n) is 8.36. The Balaban J connectivity index is 2.45. The monoisotopic (exact) mass is 280 g/mol. The van der Waals surface area contributed by atoms with Gasteiger partial charge in [-0.25, -0.2) is 0 Å². The van der Waals surface area contributed by atoms with E-state index in [2.05, 4.69) is 66.6 Å². The molecular weight excluding hydrogens is 267 g/mol. The van der Waals surface area contributed by atoms with Crippen molar-refractivity contribution in [3.8, 4) is 0 Å². The Morgan fingerprint density at radius 1 is 1.57 bits per heavy atom. The molecule has 1 aromatic heterocycles. The van der Waals surface area contributed by atoms with Gasteiger partial charge in [-0.2, -0.15) is 0 Å². The van der Waals surface area contributed by atoms with Crippen LogP contribution in [-0.2, 0) is 24.3 Å². The number of aromatic amines is 1. The van der Waals surface area contributed by atoms with Gasteiger partial charge in [-0.15, -0.1) is 0 Å². The average molecular weight is 281 g/mol. The fourth-order valence-corrected chi connectivity index (χ4v) is 2.59. The third-order valence-corrected chi connectivity index (χ3v) is 3.24. The van der Waals surface area contributed by atoms with Crippen molar-refractivity contribution in [1.82, 2.24) is 9.55 Å². The summed E-state index contributed by atoms with van der Waals surface area (Å²) in [6.07, 6.45) is 11.6. The minimum atomic E-state index is 0.0626. The number of imidazole rings is 1. The second-order valence-corrected chi connectivity index (χ2v) is 4.73. The number of allylic oxidation sites excluding steroid dienone is 4. The molecule has 0 saturated carbocycles. The first kappa shape index (κ1) is 9.89. The Labute approximate surface area is 94.3 Å². The van der Waals surface area contributed by atoms with Gasteiger partial charge in [-0.05, 0) is 0 Å². The van der Waals surface area contributed by atoms with E-state index in [9.17, 15) is 0 Å². The molecule has 0 saturated heterocycles. The topological polar surface area (TPSA) is 20.7 Å². The van der Waals surface area contributed by atoms with Gasteiger partial charge in [0.1, 0.15) is 0 Å². The summed E-state index contributed by atoms with van der Waals surface area (Å²) >= 11 is 3.23. The summed E-state index contributed by atoms with van der Waals surface area (Å²) in [6.45, 7) is 4.41. The van der Waals surface area contributed by atoms with Crippen molar-refractivity contribution in [2.75, 3.05) is 0 Å². The van der Waals surface area contributed by atoms with E-state index in [-0.39, 0.29) is 5.54 Å². The van der Waals surface area contributed by atoms with E-state index in [1.54, 1.807) is 0 Å². The summed E-state index contributed by atoms with van der Waals surface area (Å²) in [7, 11) is 0. The molecule has 1 aliphatic rings. The van der Waals surface area contributed by atoms with Crippen LogP contribution in [0, 0.1) is 3.89 Å². The number of hydrogen-bond donors (Lipinski definition) is 1. The van der Waals surface area contributed by atoms with Gasteiger partial charge in [0.15, 0.2) is 0 Å². The standard InChI is InChI=1S/C11H14N2.Pd/c1-10-4-3-5-11(2,8-10)13-7-6-12-9-13;/h3-7,12H,8H2,1-2H3;. The number of nitrogens with one attached hydrogen (secondary N) is 1.